The van der Waals surface area contributed by atoms with Gasteiger partial charge in [-0.05, 0) is 31.7 Å². The predicted molar refractivity (Wildman–Crippen MR) is 131 cm³/mol. The van der Waals surface area contributed by atoms with Crippen LogP contribution in [0.25, 0.3) is 0 Å². The van der Waals surface area contributed by atoms with Crippen molar-refractivity contribution in [2.24, 2.45) is 11.8 Å². The molecule has 1 aromatic rings. The first kappa shape index (κ1) is 24.8. The molecular weight excluding hydrogens is 452 g/mol. The lowest BCUT2D eigenvalue weighted by Crippen LogP contribution is -2.57. The molecule has 1 N–H and O–H groups in total. The highest BCUT2D eigenvalue weighted by Crippen LogP contribution is 2.67. The van der Waals surface area contributed by atoms with E-state index >= 15 is 0 Å². The van der Waals surface area contributed by atoms with Crippen molar-refractivity contribution < 1.29 is 24.2 Å². The third-order valence-corrected chi connectivity index (χ3v) is 9.44. The standard InChI is InChI=1S/C26H34N2O5S/c1-4-14-27(15-17-10-8-7-9-11-17)24(31)22-26-13-12-19(34-26)20(25(32)33-6-3)21(26)23(30)28(22)18(5-2)16-29/h4,7-11,18-22,29H,1,5-6,12-16H2,2-3H3/t18-,19-,20+,21-,22?,26?/m0/s1. The van der Waals surface area contributed by atoms with Crippen molar-refractivity contribution in [3.63, 3.8) is 0 Å². The highest BCUT2D eigenvalue weighted by molar-refractivity contribution is 8.02. The third kappa shape index (κ3) is 3.94. The molecule has 3 heterocycles. The Hall–Kier alpha value is -2.32. The highest BCUT2D eigenvalue weighted by Gasteiger charge is 2.74. The Bertz CT molecular complexity index is 936. The fourth-order valence-corrected chi connectivity index (χ4v) is 8.24. The molecule has 0 saturated carbocycles. The normalized spacial score (nSPS) is 30.2. The molecule has 4 rings (SSSR count). The van der Waals surface area contributed by atoms with Gasteiger partial charge in [-0.2, -0.15) is 0 Å². The fourth-order valence-electron chi connectivity index (χ4n) is 6.05. The zero-order chi connectivity index (χ0) is 24.5. The monoisotopic (exact) mass is 486 g/mol. The molecule has 3 aliphatic rings. The minimum atomic E-state index is -0.736. The summed E-state index contributed by atoms with van der Waals surface area (Å²) in [5.41, 5.74) is 0.990. The summed E-state index contributed by atoms with van der Waals surface area (Å²) in [4.78, 5) is 44.4. The largest absolute Gasteiger partial charge is 0.466 e. The number of carbonyl (C=O) groups excluding carboxylic acids is 3. The molecule has 7 nitrogen and oxygen atoms in total. The van der Waals surface area contributed by atoms with Crippen molar-refractivity contribution in [2.75, 3.05) is 19.8 Å². The second kappa shape index (κ2) is 10.1. The molecule has 0 aromatic heterocycles. The van der Waals surface area contributed by atoms with Crippen LogP contribution >= 0.6 is 11.8 Å². The van der Waals surface area contributed by atoms with Gasteiger partial charge in [-0.1, -0.05) is 43.3 Å². The number of amides is 2. The van der Waals surface area contributed by atoms with E-state index in [-0.39, 0.29) is 36.2 Å². The molecule has 8 heteroatoms. The average molecular weight is 487 g/mol. The van der Waals surface area contributed by atoms with Crippen LogP contribution in [0.4, 0.5) is 0 Å². The van der Waals surface area contributed by atoms with Crippen LogP contribution in [0.1, 0.15) is 38.7 Å². The second-order valence-electron chi connectivity index (χ2n) is 9.29. The van der Waals surface area contributed by atoms with Gasteiger partial charge in [0.2, 0.25) is 11.8 Å². The maximum atomic E-state index is 14.2. The topological polar surface area (TPSA) is 87.2 Å². The summed E-state index contributed by atoms with van der Waals surface area (Å²) in [6.45, 7) is 8.28. The van der Waals surface area contributed by atoms with Crippen molar-refractivity contribution in [2.45, 2.75) is 61.7 Å². The van der Waals surface area contributed by atoms with Crippen LogP contribution in [0, 0.1) is 11.8 Å². The Morgan fingerprint density at radius 3 is 2.71 bits per heavy atom. The van der Waals surface area contributed by atoms with E-state index in [4.69, 9.17) is 4.74 Å². The van der Waals surface area contributed by atoms with Crippen molar-refractivity contribution in [1.29, 1.82) is 0 Å². The number of aliphatic hydroxyl groups excluding tert-OH is 1. The molecule has 1 spiro atoms. The SMILES string of the molecule is C=CCN(Cc1ccccc1)C(=O)C1N([C@@H](CC)CO)C(=O)[C@@H]2[C@H](C(=O)OCC)[C@@H]3CCC12S3. The molecular formula is C26H34N2O5S. The molecule has 1 aromatic carbocycles. The summed E-state index contributed by atoms with van der Waals surface area (Å²) >= 11 is 1.62. The number of carbonyl (C=O) groups is 3. The first-order valence-corrected chi connectivity index (χ1v) is 13.0. The van der Waals surface area contributed by atoms with Crippen LogP contribution in [0.3, 0.4) is 0 Å². The van der Waals surface area contributed by atoms with Crippen molar-refractivity contribution in [3.8, 4) is 0 Å². The van der Waals surface area contributed by atoms with Crippen molar-refractivity contribution in [1.82, 2.24) is 9.80 Å². The molecule has 2 unspecified atom stereocenters. The van der Waals surface area contributed by atoms with Gasteiger partial charge >= 0.3 is 5.97 Å². The molecule has 3 aliphatic heterocycles. The third-order valence-electron chi connectivity index (χ3n) is 7.48. The van der Waals surface area contributed by atoms with Crippen LogP contribution in [0.5, 0.6) is 0 Å². The number of likely N-dealkylation sites (tertiary alicyclic amines) is 1. The summed E-state index contributed by atoms with van der Waals surface area (Å²) in [6.07, 6.45) is 3.68. The maximum Gasteiger partial charge on any atom is 0.310 e. The van der Waals surface area contributed by atoms with E-state index < -0.39 is 28.7 Å². The molecule has 0 aliphatic carbocycles. The van der Waals surface area contributed by atoms with Gasteiger partial charge in [0.25, 0.3) is 0 Å². The number of esters is 1. The van der Waals surface area contributed by atoms with Crippen LogP contribution in [-0.2, 0) is 25.7 Å². The van der Waals surface area contributed by atoms with Gasteiger partial charge < -0.3 is 19.6 Å². The fraction of sp³-hybridized carbons (Fsp3) is 0.577. The number of hydrogen-bond donors (Lipinski definition) is 1. The number of fused-ring (bicyclic) bond motifs is 1. The van der Waals surface area contributed by atoms with E-state index in [0.717, 1.165) is 12.0 Å². The number of thioether (sulfide) groups is 1. The molecule has 2 bridgehead atoms. The van der Waals surface area contributed by atoms with E-state index in [0.29, 0.717) is 25.9 Å². The number of benzene rings is 1. The number of rotatable bonds is 10. The van der Waals surface area contributed by atoms with E-state index in [9.17, 15) is 19.5 Å². The maximum absolute atomic E-state index is 14.2. The predicted octanol–water partition coefficient (Wildman–Crippen LogP) is 2.63. The minimum absolute atomic E-state index is 0.0263. The van der Waals surface area contributed by atoms with Crippen LogP contribution in [0.2, 0.25) is 0 Å². The molecule has 184 valence electrons. The summed E-state index contributed by atoms with van der Waals surface area (Å²) in [6, 6.07) is 8.52. The Labute approximate surface area is 205 Å². The molecule has 3 saturated heterocycles. The molecule has 6 atom stereocenters. The highest BCUT2D eigenvalue weighted by atomic mass is 32.2. The Morgan fingerprint density at radius 2 is 2.09 bits per heavy atom. The van der Waals surface area contributed by atoms with E-state index in [1.807, 2.05) is 37.3 Å². The van der Waals surface area contributed by atoms with Gasteiger partial charge in [0, 0.05) is 18.3 Å². The van der Waals surface area contributed by atoms with Crippen LogP contribution in [0.15, 0.2) is 43.0 Å². The molecule has 3 fully saturated rings. The number of ether oxygens (including phenoxy) is 1. The minimum Gasteiger partial charge on any atom is -0.466 e. The lowest BCUT2D eigenvalue weighted by Gasteiger charge is -2.39. The van der Waals surface area contributed by atoms with E-state index in [1.54, 1.807) is 34.6 Å². The number of aliphatic hydroxyl groups is 1. The Kier molecular flexibility index (Phi) is 7.38. The molecule has 34 heavy (non-hydrogen) atoms. The Morgan fingerprint density at radius 1 is 1.35 bits per heavy atom. The quantitative estimate of drug-likeness (QED) is 0.404. The lowest BCUT2D eigenvalue weighted by atomic mass is 9.71. The zero-order valence-electron chi connectivity index (χ0n) is 19.9. The molecule has 0 radical (unpaired) electrons. The van der Waals surface area contributed by atoms with Crippen molar-refractivity contribution in [3.05, 3.63) is 48.6 Å². The molecule has 2 amide bonds. The van der Waals surface area contributed by atoms with Gasteiger partial charge in [0.1, 0.15) is 6.04 Å². The average Bonchev–Trinajstić information content (AvgIpc) is 3.48. The van der Waals surface area contributed by atoms with Gasteiger partial charge in [0.15, 0.2) is 0 Å². The number of nitrogens with zero attached hydrogens (tertiary/aromatic N) is 2. The van der Waals surface area contributed by atoms with E-state index in [2.05, 4.69) is 6.58 Å². The summed E-state index contributed by atoms with van der Waals surface area (Å²) in [5.74, 6) is -1.86. The second-order valence-corrected chi connectivity index (χ2v) is 10.9. The summed E-state index contributed by atoms with van der Waals surface area (Å²) < 4.78 is 4.67. The van der Waals surface area contributed by atoms with Gasteiger partial charge in [-0.25, -0.2) is 0 Å². The zero-order valence-corrected chi connectivity index (χ0v) is 20.7. The van der Waals surface area contributed by atoms with E-state index in [1.165, 1.54) is 0 Å². The lowest BCUT2D eigenvalue weighted by molar-refractivity contribution is -0.154. The summed E-state index contributed by atoms with van der Waals surface area (Å²) in [5, 5.41) is 10.1. The smallest absolute Gasteiger partial charge is 0.310 e. The van der Waals surface area contributed by atoms with Crippen LogP contribution < -0.4 is 0 Å². The number of hydrogen-bond acceptors (Lipinski definition) is 6. The Balaban J connectivity index is 1.75. The first-order chi connectivity index (χ1) is 16.4. The van der Waals surface area contributed by atoms with Crippen molar-refractivity contribution >= 4 is 29.5 Å². The van der Waals surface area contributed by atoms with Gasteiger partial charge in [0.05, 0.1) is 35.8 Å². The first-order valence-electron chi connectivity index (χ1n) is 12.1. The summed E-state index contributed by atoms with van der Waals surface area (Å²) in [7, 11) is 0. The van der Waals surface area contributed by atoms with Crippen LogP contribution in [-0.4, -0.2) is 74.5 Å². The van der Waals surface area contributed by atoms with Gasteiger partial charge in [-0.3, -0.25) is 14.4 Å². The van der Waals surface area contributed by atoms with Gasteiger partial charge in [-0.15, -0.1) is 18.3 Å².